The standard InChI is InChI=1S/C24H28N4O4/c25-22(30)17-9-16-15(14-3-2-8-26-11-14)10-18(27-23(16)28-24(17)31)21-19(29)4-1-5-20(21)32-12-13-6-7-13/h1,4-5,10,13-14,17,26,29H,2-3,6-9,11-12H2,(H2,25,30)(H,27,28,31). The van der Waals surface area contributed by atoms with Crippen LogP contribution in [0.2, 0.25) is 0 Å². The number of nitrogens with two attached hydrogens (primary N) is 1. The lowest BCUT2D eigenvalue weighted by Gasteiger charge is -2.30. The van der Waals surface area contributed by atoms with Crippen molar-refractivity contribution >= 4 is 17.6 Å². The molecule has 2 amide bonds. The Morgan fingerprint density at radius 2 is 2.12 bits per heavy atom. The molecule has 5 rings (SSSR count). The molecule has 0 spiro atoms. The minimum Gasteiger partial charge on any atom is -0.507 e. The van der Waals surface area contributed by atoms with Gasteiger partial charge in [-0.25, -0.2) is 4.98 Å². The van der Waals surface area contributed by atoms with Crippen molar-refractivity contribution in [2.75, 3.05) is 25.0 Å². The molecule has 1 aromatic heterocycles. The Morgan fingerprint density at radius 1 is 1.28 bits per heavy atom. The van der Waals surface area contributed by atoms with E-state index in [0.717, 1.165) is 49.9 Å². The summed E-state index contributed by atoms with van der Waals surface area (Å²) in [5.74, 6) is -0.119. The summed E-state index contributed by atoms with van der Waals surface area (Å²) in [6.07, 6.45) is 4.59. The summed E-state index contributed by atoms with van der Waals surface area (Å²) in [6, 6.07) is 7.18. The molecule has 0 bridgehead atoms. The van der Waals surface area contributed by atoms with Crippen molar-refractivity contribution in [1.82, 2.24) is 10.3 Å². The molecule has 32 heavy (non-hydrogen) atoms. The van der Waals surface area contributed by atoms with Crippen LogP contribution in [0.25, 0.3) is 11.3 Å². The number of rotatable bonds is 6. The van der Waals surface area contributed by atoms with Crippen LogP contribution in [0.3, 0.4) is 0 Å². The summed E-state index contributed by atoms with van der Waals surface area (Å²) < 4.78 is 6.03. The number of hydrogen-bond donors (Lipinski definition) is 4. The fourth-order valence-electron chi connectivity index (χ4n) is 4.64. The van der Waals surface area contributed by atoms with E-state index in [1.165, 1.54) is 0 Å². The topological polar surface area (TPSA) is 127 Å². The van der Waals surface area contributed by atoms with E-state index < -0.39 is 17.7 Å². The van der Waals surface area contributed by atoms with Gasteiger partial charge in [0.05, 0.1) is 17.9 Å². The third-order valence-corrected chi connectivity index (χ3v) is 6.64. The van der Waals surface area contributed by atoms with Gasteiger partial charge in [0, 0.05) is 6.54 Å². The number of nitrogens with zero attached hydrogens (tertiary/aromatic N) is 1. The van der Waals surface area contributed by atoms with Gasteiger partial charge >= 0.3 is 0 Å². The van der Waals surface area contributed by atoms with Gasteiger partial charge in [0.25, 0.3) is 0 Å². The summed E-state index contributed by atoms with van der Waals surface area (Å²) in [5.41, 5.74) is 8.43. The number of phenolic OH excluding ortho intramolecular Hbond substituents is 1. The van der Waals surface area contributed by atoms with Crippen molar-refractivity contribution < 1.29 is 19.4 Å². The van der Waals surface area contributed by atoms with Crippen LogP contribution in [-0.4, -0.2) is 41.6 Å². The van der Waals surface area contributed by atoms with Gasteiger partial charge in [0.2, 0.25) is 11.8 Å². The summed E-state index contributed by atoms with van der Waals surface area (Å²) >= 11 is 0. The van der Waals surface area contributed by atoms with Crippen LogP contribution >= 0.6 is 0 Å². The first-order valence-corrected chi connectivity index (χ1v) is 11.3. The molecule has 2 fully saturated rings. The SMILES string of the molecule is NC(=O)C1Cc2c(C3CCCNC3)cc(-c3c(O)cccc3OCC3CC3)nc2NC1=O. The Bertz CT molecular complexity index is 1060. The molecule has 3 heterocycles. The van der Waals surface area contributed by atoms with Gasteiger partial charge in [-0.1, -0.05) is 6.07 Å². The molecule has 2 atom stereocenters. The molecule has 8 nitrogen and oxygen atoms in total. The van der Waals surface area contributed by atoms with Crippen molar-refractivity contribution in [1.29, 1.82) is 0 Å². The number of phenols is 1. The van der Waals surface area contributed by atoms with Crippen LogP contribution in [0.5, 0.6) is 11.5 Å². The minimum absolute atomic E-state index is 0.0793. The van der Waals surface area contributed by atoms with Gasteiger partial charge in [-0.05, 0) is 79.8 Å². The van der Waals surface area contributed by atoms with Crippen LogP contribution in [0, 0.1) is 11.8 Å². The molecule has 1 aliphatic carbocycles. The number of anilines is 1. The molecule has 0 radical (unpaired) electrons. The molecule has 2 aliphatic heterocycles. The molecule has 2 unspecified atom stereocenters. The minimum atomic E-state index is -0.909. The number of carbonyl (C=O) groups is 2. The normalized spacial score (nSPS) is 22.7. The molecule has 1 saturated heterocycles. The average molecular weight is 437 g/mol. The Balaban J connectivity index is 1.61. The van der Waals surface area contributed by atoms with Crippen LogP contribution in [0.15, 0.2) is 24.3 Å². The van der Waals surface area contributed by atoms with Crippen molar-refractivity contribution in [2.45, 2.75) is 38.0 Å². The predicted octanol–water partition coefficient (Wildman–Crippen LogP) is 2.31. The molecular weight excluding hydrogens is 408 g/mol. The number of benzene rings is 1. The number of nitrogens with one attached hydrogen (secondary N) is 2. The smallest absolute Gasteiger partial charge is 0.238 e. The van der Waals surface area contributed by atoms with E-state index in [1.807, 2.05) is 12.1 Å². The predicted molar refractivity (Wildman–Crippen MR) is 119 cm³/mol. The summed E-state index contributed by atoms with van der Waals surface area (Å²) in [6.45, 7) is 2.38. The average Bonchev–Trinajstić information content (AvgIpc) is 3.61. The lowest BCUT2D eigenvalue weighted by atomic mass is 9.83. The largest absolute Gasteiger partial charge is 0.507 e. The van der Waals surface area contributed by atoms with Crippen molar-refractivity contribution in [3.05, 3.63) is 35.4 Å². The second-order valence-corrected chi connectivity index (χ2v) is 9.02. The first-order chi connectivity index (χ1) is 15.5. The lowest BCUT2D eigenvalue weighted by Crippen LogP contribution is -2.40. The number of amides is 2. The molecule has 3 aliphatic rings. The van der Waals surface area contributed by atoms with Gasteiger partial charge in [-0.15, -0.1) is 0 Å². The first-order valence-electron chi connectivity index (χ1n) is 11.3. The van der Waals surface area contributed by atoms with Crippen LogP contribution in [0.4, 0.5) is 5.82 Å². The van der Waals surface area contributed by atoms with Crippen LogP contribution < -0.4 is 21.1 Å². The molecule has 2 aromatic rings. The zero-order valence-electron chi connectivity index (χ0n) is 17.9. The summed E-state index contributed by atoms with van der Waals surface area (Å²) in [5, 5.41) is 16.9. The van der Waals surface area contributed by atoms with Crippen molar-refractivity contribution in [3.8, 4) is 22.8 Å². The molecule has 168 valence electrons. The second-order valence-electron chi connectivity index (χ2n) is 9.02. The molecular formula is C24H28N4O4. The zero-order chi connectivity index (χ0) is 22.2. The number of pyridine rings is 1. The maximum absolute atomic E-state index is 12.5. The highest BCUT2D eigenvalue weighted by Crippen LogP contribution is 2.42. The third-order valence-electron chi connectivity index (χ3n) is 6.64. The third kappa shape index (κ3) is 4.02. The van der Waals surface area contributed by atoms with E-state index >= 15 is 0 Å². The number of piperidine rings is 1. The number of aromatic hydroxyl groups is 1. The number of hydrogen-bond acceptors (Lipinski definition) is 6. The highest BCUT2D eigenvalue weighted by Gasteiger charge is 2.35. The maximum atomic E-state index is 12.5. The van der Waals surface area contributed by atoms with Crippen LogP contribution in [0.1, 0.15) is 42.7 Å². The summed E-state index contributed by atoms with van der Waals surface area (Å²) in [7, 11) is 0. The zero-order valence-corrected chi connectivity index (χ0v) is 17.9. The highest BCUT2D eigenvalue weighted by molar-refractivity contribution is 6.08. The van der Waals surface area contributed by atoms with E-state index in [2.05, 4.69) is 10.6 Å². The van der Waals surface area contributed by atoms with Gasteiger partial charge < -0.3 is 26.2 Å². The fraction of sp³-hybridized carbons (Fsp3) is 0.458. The Hall–Kier alpha value is -3.13. The number of ether oxygens (including phenoxy) is 1. The van der Waals surface area contributed by atoms with E-state index in [4.69, 9.17) is 15.5 Å². The number of carbonyl (C=O) groups excluding carboxylic acids is 2. The van der Waals surface area contributed by atoms with E-state index in [0.29, 0.717) is 35.3 Å². The highest BCUT2D eigenvalue weighted by atomic mass is 16.5. The van der Waals surface area contributed by atoms with Gasteiger partial charge in [0.1, 0.15) is 23.2 Å². The fourth-order valence-corrected chi connectivity index (χ4v) is 4.64. The van der Waals surface area contributed by atoms with E-state index in [1.54, 1.807) is 12.1 Å². The van der Waals surface area contributed by atoms with Crippen molar-refractivity contribution in [2.24, 2.45) is 17.6 Å². The van der Waals surface area contributed by atoms with Crippen molar-refractivity contribution in [3.63, 3.8) is 0 Å². The number of fused-ring (bicyclic) bond motifs is 1. The van der Waals surface area contributed by atoms with E-state index in [-0.39, 0.29) is 18.1 Å². The quantitative estimate of drug-likeness (QED) is 0.515. The van der Waals surface area contributed by atoms with Crippen LogP contribution in [-0.2, 0) is 16.0 Å². The van der Waals surface area contributed by atoms with E-state index in [9.17, 15) is 14.7 Å². The molecule has 5 N–H and O–H groups in total. The van der Waals surface area contributed by atoms with Gasteiger partial charge in [-0.3, -0.25) is 9.59 Å². The lowest BCUT2D eigenvalue weighted by molar-refractivity contribution is -0.130. The second kappa shape index (κ2) is 8.43. The Kier molecular flexibility index (Phi) is 5.46. The Morgan fingerprint density at radius 3 is 2.84 bits per heavy atom. The first kappa shape index (κ1) is 20.8. The maximum Gasteiger partial charge on any atom is 0.238 e. The monoisotopic (exact) mass is 436 g/mol. The Labute approximate surface area is 186 Å². The van der Waals surface area contributed by atoms with Gasteiger partial charge in [-0.2, -0.15) is 0 Å². The molecule has 8 heteroatoms. The number of primary amides is 1. The number of aromatic nitrogens is 1. The molecule has 1 saturated carbocycles. The molecule has 1 aromatic carbocycles. The van der Waals surface area contributed by atoms with Gasteiger partial charge in [0.15, 0.2) is 0 Å². The summed E-state index contributed by atoms with van der Waals surface area (Å²) in [4.78, 5) is 29.1.